The second-order valence-corrected chi connectivity index (χ2v) is 8.43. The summed E-state index contributed by atoms with van der Waals surface area (Å²) in [7, 11) is 0. The van der Waals surface area contributed by atoms with Gasteiger partial charge in [0.15, 0.2) is 0 Å². The van der Waals surface area contributed by atoms with Gasteiger partial charge in [0.1, 0.15) is 0 Å². The highest BCUT2D eigenvalue weighted by molar-refractivity contribution is 7.12. The Kier molecular flexibility index (Phi) is 6.67. The Hall–Kier alpha value is -2.14. The lowest BCUT2D eigenvalue weighted by Gasteiger charge is -2.23. The summed E-state index contributed by atoms with van der Waals surface area (Å²) < 4.78 is 0. The van der Waals surface area contributed by atoms with E-state index in [1.807, 2.05) is 22.4 Å². The highest BCUT2D eigenvalue weighted by Crippen LogP contribution is 2.29. The summed E-state index contributed by atoms with van der Waals surface area (Å²) in [6.07, 6.45) is 3.35. The first-order valence-corrected chi connectivity index (χ1v) is 10.6. The van der Waals surface area contributed by atoms with E-state index >= 15 is 0 Å². The Balaban J connectivity index is 1.46. The van der Waals surface area contributed by atoms with Crippen LogP contribution < -0.4 is 5.32 Å². The molecule has 0 aliphatic heterocycles. The average molecular weight is 385 g/mol. The first kappa shape index (κ1) is 19.6. The van der Waals surface area contributed by atoms with Gasteiger partial charge in [-0.05, 0) is 47.8 Å². The van der Waals surface area contributed by atoms with Crippen molar-refractivity contribution in [3.8, 4) is 0 Å². The van der Waals surface area contributed by atoms with Crippen LogP contribution in [0, 0.1) is 0 Å². The van der Waals surface area contributed by atoms with E-state index in [0.29, 0.717) is 42.8 Å². The third-order valence-electron chi connectivity index (χ3n) is 4.91. The molecule has 1 fully saturated rings. The maximum absolute atomic E-state index is 12.7. The minimum absolute atomic E-state index is 0.0539. The van der Waals surface area contributed by atoms with Crippen molar-refractivity contribution >= 4 is 23.2 Å². The first-order valence-electron chi connectivity index (χ1n) is 9.74. The van der Waals surface area contributed by atoms with Gasteiger partial charge >= 0.3 is 0 Å². The molecule has 144 valence electrons. The standard InChI is InChI=1S/C22H28N2O2S/c1-16(2)18-9-7-17(8-10-18)15-24(19-11-12-19)21(25)6-3-13-23-22(26)20-5-4-14-27-20/h4-5,7-10,14,16,19H,3,6,11-13,15H2,1-2H3,(H,23,26). The van der Waals surface area contributed by atoms with Crippen LogP contribution in [0.3, 0.4) is 0 Å². The minimum atomic E-state index is -0.0539. The summed E-state index contributed by atoms with van der Waals surface area (Å²) in [6, 6.07) is 12.7. The lowest BCUT2D eigenvalue weighted by molar-refractivity contribution is -0.132. The molecule has 4 nitrogen and oxygen atoms in total. The Morgan fingerprint density at radius 1 is 1.19 bits per heavy atom. The monoisotopic (exact) mass is 384 g/mol. The molecule has 27 heavy (non-hydrogen) atoms. The molecule has 3 rings (SSSR count). The fraction of sp³-hybridized carbons (Fsp3) is 0.455. The van der Waals surface area contributed by atoms with Crippen LogP contribution in [0.5, 0.6) is 0 Å². The van der Waals surface area contributed by atoms with Crippen molar-refractivity contribution < 1.29 is 9.59 Å². The van der Waals surface area contributed by atoms with Crippen LogP contribution in [-0.2, 0) is 11.3 Å². The maximum atomic E-state index is 12.7. The number of hydrogen-bond acceptors (Lipinski definition) is 3. The van der Waals surface area contributed by atoms with Crippen LogP contribution >= 0.6 is 11.3 Å². The molecule has 2 aromatic rings. The highest BCUT2D eigenvalue weighted by Gasteiger charge is 2.32. The summed E-state index contributed by atoms with van der Waals surface area (Å²) >= 11 is 1.43. The second kappa shape index (κ2) is 9.18. The molecule has 5 heteroatoms. The number of hydrogen-bond donors (Lipinski definition) is 1. The van der Waals surface area contributed by atoms with Crippen LogP contribution in [0.4, 0.5) is 0 Å². The first-order chi connectivity index (χ1) is 13.0. The number of amides is 2. The lowest BCUT2D eigenvalue weighted by atomic mass is 10.0. The highest BCUT2D eigenvalue weighted by atomic mass is 32.1. The van der Waals surface area contributed by atoms with Crippen LogP contribution in [0.15, 0.2) is 41.8 Å². The predicted molar refractivity (Wildman–Crippen MR) is 110 cm³/mol. The summed E-state index contributed by atoms with van der Waals surface area (Å²) in [4.78, 5) is 27.3. The van der Waals surface area contributed by atoms with Crippen LogP contribution in [-0.4, -0.2) is 29.3 Å². The molecule has 1 saturated carbocycles. The van der Waals surface area contributed by atoms with Gasteiger partial charge in [0.05, 0.1) is 4.88 Å². The van der Waals surface area contributed by atoms with Crippen LogP contribution in [0.25, 0.3) is 0 Å². The molecule has 1 aliphatic rings. The van der Waals surface area contributed by atoms with Crippen molar-refractivity contribution in [3.05, 3.63) is 57.8 Å². The van der Waals surface area contributed by atoms with Gasteiger partial charge < -0.3 is 10.2 Å². The van der Waals surface area contributed by atoms with E-state index in [1.165, 1.54) is 22.5 Å². The summed E-state index contributed by atoms with van der Waals surface area (Å²) in [5, 5.41) is 4.78. The van der Waals surface area contributed by atoms with Gasteiger partial charge in [-0.2, -0.15) is 0 Å². The quantitative estimate of drug-likeness (QED) is 0.644. The van der Waals surface area contributed by atoms with E-state index in [2.05, 4.69) is 43.4 Å². The van der Waals surface area contributed by atoms with E-state index in [-0.39, 0.29) is 11.8 Å². The zero-order valence-corrected chi connectivity index (χ0v) is 16.9. The van der Waals surface area contributed by atoms with Gasteiger partial charge in [-0.3, -0.25) is 9.59 Å². The molecule has 1 aromatic carbocycles. The van der Waals surface area contributed by atoms with E-state index in [1.54, 1.807) is 0 Å². The van der Waals surface area contributed by atoms with Crippen molar-refractivity contribution in [2.75, 3.05) is 6.54 Å². The van der Waals surface area contributed by atoms with Crippen LogP contribution in [0.2, 0.25) is 0 Å². The number of nitrogens with zero attached hydrogens (tertiary/aromatic N) is 1. The summed E-state index contributed by atoms with van der Waals surface area (Å²) in [5.41, 5.74) is 2.51. The topological polar surface area (TPSA) is 49.4 Å². The number of rotatable bonds is 9. The van der Waals surface area contributed by atoms with Gasteiger partial charge in [-0.1, -0.05) is 44.2 Å². The van der Waals surface area contributed by atoms with Gasteiger partial charge in [-0.15, -0.1) is 11.3 Å². The predicted octanol–water partition coefficient (Wildman–Crippen LogP) is 4.57. The molecule has 0 unspecified atom stereocenters. The Morgan fingerprint density at radius 2 is 1.93 bits per heavy atom. The molecule has 1 aromatic heterocycles. The molecular weight excluding hydrogens is 356 g/mol. The Morgan fingerprint density at radius 3 is 2.52 bits per heavy atom. The smallest absolute Gasteiger partial charge is 0.261 e. The number of nitrogens with one attached hydrogen (secondary N) is 1. The number of carbonyl (C=O) groups is 2. The number of thiophene rings is 1. The Bertz CT molecular complexity index is 749. The van der Waals surface area contributed by atoms with E-state index in [4.69, 9.17) is 0 Å². The van der Waals surface area contributed by atoms with Crippen molar-refractivity contribution in [1.82, 2.24) is 10.2 Å². The third kappa shape index (κ3) is 5.67. The van der Waals surface area contributed by atoms with Gasteiger partial charge in [0, 0.05) is 25.6 Å². The van der Waals surface area contributed by atoms with Crippen molar-refractivity contribution in [3.63, 3.8) is 0 Å². The van der Waals surface area contributed by atoms with Gasteiger partial charge in [-0.25, -0.2) is 0 Å². The number of carbonyl (C=O) groups excluding carboxylic acids is 2. The molecule has 0 radical (unpaired) electrons. The minimum Gasteiger partial charge on any atom is -0.351 e. The molecule has 0 saturated heterocycles. The van der Waals surface area contributed by atoms with E-state index in [9.17, 15) is 9.59 Å². The number of benzene rings is 1. The molecular formula is C22H28N2O2S. The summed E-state index contributed by atoms with van der Waals surface area (Å²) in [6.45, 7) is 5.59. The summed E-state index contributed by atoms with van der Waals surface area (Å²) in [5.74, 6) is 0.655. The average Bonchev–Trinajstić information content (AvgIpc) is 3.35. The normalized spacial score (nSPS) is 13.6. The van der Waals surface area contributed by atoms with E-state index in [0.717, 1.165) is 12.8 Å². The van der Waals surface area contributed by atoms with Crippen molar-refractivity contribution in [2.45, 2.75) is 58.0 Å². The van der Waals surface area contributed by atoms with Crippen molar-refractivity contribution in [2.24, 2.45) is 0 Å². The zero-order chi connectivity index (χ0) is 19.2. The SMILES string of the molecule is CC(C)c1ccc(CN(C(=O)CCCNC(=O)c2cccs2)C2CC2)cc1. The third-order valence-corrected chi connectivity index (χ3v) is 5.77. The maximum Gasteiger partial charge on any atom is 0.261 e. The van der Waals surface area contributed by atoms with E-state index < -0.39 is 0 Å². The second-order valence-electron chi connectivity index (χ2n) is 7.49. The van der Waals surface area contributed by atoms with Gasteiger partial charge in [0.25, 0.3) is 5.91 Å². The molecule has 0 bridgehead atoms. The fourth-order valence-corrected chi connectivity index (χ4v) is 3.73. The van der Waals surface area contributed by atoms with Gasteiger partial charge in [0.2, 0.25) is 5.91 Å². The lowest BCUT2D eigenvalue weighted by Crippen LogP contribution is -2.33. The Labute approximate surface area is 165 Å². The molecule has 1 aliphatic carbocycles. The van der Waals surface area contributed by atoms with Crippen molar-refractivity contribution in [1.29, 1.82) is 0 Å². The molecule has 1 heterocycles. The van der Waals surface area contributed by atoms with Crippen LogP contribution in [0.1, 0.15) is 66.2 Å². The fourth-order valence-electron chi connectivity index (χ4n) is 3.09. The zero-order valence-electron chi connectivity index (χ0n) is 16.1. The molecule has 2 amide bonds. The largest absolute Gasteiger partial charge is 0.351 e. The molecule has 0 atom stereocenters. The molecule has 0 spiro atoms. The molecule has 1 N–H and O–H groups in total.